The van der Waals surface area contributed by atoms with Crippen LogP contribution in [0.15, 0.2) is 54.7 Å². The third-order valence-electron chi connectivity index (χ3n) is 4.57. The topological polar surface area (TPSA) is 85.3 Å². The summed E-state index contributed by atoms with van der Waals surface area (Å²) >= 11 is 0. The minimum Gasteiger partial charge on any atom is -0.397 e. The van der Waals surface area contributed by atoms with Crippen molar-refractivity contribution in [2.45, 2.75) is 32.3 Å². The van der Waals surface area contributed by atoms with Gasteiger partial charge in [0.1, 0.15) is 6.73 Å². The highest BCUT2D eigenvalue weighted by atomic mass is 28.3. The van der Waals surface area contributed by atoms with Gasteiger partial charge in [0.2, 0.25) is 0 Å². The first-order valence-electron chi connectivity index (χ1n) is 9.33. The average Bonchev–Trinajstić information content (AvgIpc) is 3.14. The summed E-state index contributed by atoms with van der Waals surface area (Å²) in [5, 5.41) is 13.4. The molecule has 0 aliphatic heterocycles. The zero-order chi connectivity index (χ0) is 19.9. The van der Waals surface area contributed by atoms with Gasteiger partial charge in [-0.15, -0.1) is 0 Å². The molecule has 1 aromatic heterocycles. The molecule has 28 heavy (non-hydrogen) atoms. The second-order valence-electron chi connectivity index (χ2n) is 7.12. The van der Waals surface area contributed by atoms with Crippen LogP contribution in [0.3, 0.4) is 0 Å². The number of nitrogens with one attached hydrogen (secondary N) is 1. The van der Waals surface area contributed by atoms with E-state index >= 15 is 0 Å². The Hall–Kier alpha value is -2.61. The van der Waals surface area contributed by atoms with Crippen LogP contribution in [-0.2, 0) is 17.9 Å². The van der Waals surface area contributed by atoms with Crippen molar-refractivity contribution >= 4 is 20.2 Å². The smallest absolute Gasteiger partial charge is 0.139 e. The normalized spacial score (nSPS) is 11.1. The van der Waals surface area contributed by atoms with E-state index in [-0.39, 0.29) is 8.80 Å². The molecule has 3 aromatic rings. The zero-order valence-electron chi connectivity index (χ0n) is 16.4. The monoisotopic (exact) mass is 395 g/mol. The fourth-order valence-corrected chi connectivity index (χ4v) is 3.51. The fraction of sp³-hybridized carbons (Fsp3) is 0.286. The molecule has 0 fully saturated rings. The summed E-state index contributed by atoms with van der Waals surface area (Å²) in [6.07, 6.45) is 2.58. The highest BCUT2D eigenvalue weighted by Gasteiger charge is 2.07. The first-order chi connectivity index (χ1) is 13.6. The van der Waals surface area contributed by atoms with Gasteiger partial charge in [0.25, 0.3) is 0 Å². The zero-order valence-corrected chi connectivity index (χ0v) is 17.4. The molecule has 0 aliphatic rings. The predicted molar refractivity (Wildman–Crippen MR) is 115 cm³/mol. The van der Waals surface area contributed by atoms with Crippen LogP contribution in [0.2, 0.25) is 19.1 Å². The van der Waals surface area contributed by atoms with Crippen molar-refractivity contribution in [3.8, 4) is 11.3 Å². The van der Waals surface area contributed by atoms with Gasteiger partial charge in [-0.1, -0.05) is 43.4 Å². The van der Waals surface area contributed by atoms with E-state index in [0.717, 1.165) is 35.9 Å². The molecule has 1 heterocycles. The SMILES string of the molecule is C[Si](C)CCOCn1nccc1-c1ccc(Cc2ccc(NO)c(N)c2)cc1. The van der Waals surface area contributed by atoms with Crippen molar-refractivity contribution in [2.24, 2.45) is 0 Å². The minimum atomic E-state index is -0.252. The van der Waals surface area contributed by atoms with Gasteiger partial charge in [-0.2, -0.15) is 5.10 Å². The molecule has 2 aromatic carbocycles. The van der Waals surface area contributed by atoms with Gasteiger partial charge in [-0.3, -0.25) is 10.7 Å². The molecule has 0 amide bonds. The van der Waals surface area contributed by atoms with Crippen LogP contribution in [0.25, 0.3) is 11.3 Å². The number of hydrogen-bond donors (Lipinski definition) is 3. The largest absolute Gasteiger partial charge is 0.397 e. The molecule has 0 aliphatic carbocycles. The van der Waals surface area contributed by atoms with Crippen molar-refractivity contribution in [2.75, 3.05) is 17.8 Å². The summed E-state index contributed by atoms with van der Waals surface area (Å²) in [4.78, 5) is 0. The van der Waals surface area contributed by atoms with Crippen LogP contribution in [0.5, 0.6) is 0 Å². The van der Waals surface area contributed by atoms with Crippen LogP contribution < -0.4 is 11.2 Å². The van der Waals surface area contributed by atoms with Crippen LogP contribution in [0.1, 0.15) is 11.1 Å². The van der Waals surface area contributed by atoms with Crippen LogP contribution >= 0.6 is 0 Å². The fourth-order valence-electron chi connectivity index (χ4n) is 2.96. The summed E-state index contributed by atoms with van der Waals surface area (Å²) in [5.41, 5.74) is 13.5. The van der Waals surface area contributed by atoms with Gasteiger partial charge < -0.3 is 10.5 Å². The van der Waals surface area contributed by atoms with Crippen LogP contribution in [0.4, 0.5) is 11.4 Å². The molecular formula is C21H27N4O2Si. The summed E-state index contributed by atoms with van der Waals surface area (Å²) < 4.78 is 7.67. The number of nitrogens with zero attached hydrogens (tertiary/aromatic N) is 2. The Morgan fingerprint density at radius 2 is 1.86 bits per heavy atom. The molecule has 4 N–H and O–H groups in total. The Morgan fingerprint density at radius 1 is 1.11 bits per heavy atom. The molecule has 147 valence electrons. The highest BCUT2D eigenvalue weighted by Crippen LogP contribution is 2.23. The number of nitrogen functional groups attached to an aromatic ring is 1. The Bertz CT molecular complexity index is 894. The molecule has 3 rings (SSSR count). The van der Waals surface area contributed by atoms with Crippen LogP contribution in [0, 0.1) is 0 Å². The quantitative estimate of drug-likeness (QED) is 0.218. The maximum absolute atomic E-state index is 8.99. The number of anilines is 2. The lowest BCUT2D eigenvalue weighted by atomic mass is 10.0. The van der Waals surface area contributed by atoms with Gasteiger partial charge in [-0.05, 0) is 47.4 Å². The number of nitrogens with two attached hydrogens (primary N) is 1. The van der Waals surface area contributed by atoms with Crippen molar-refractivity contribution in [1.82, 2.24) is 9.78 Å². The second-order valence-corrected chi connectivity index (χ2v) is 10.0. The minimum absolute atomic E-state index is 0.252. The van der Waals surface area contributed by atoms with E-state index in [0.29, 0.717) is 18.1 Å². The Labute approximate surface area is 167 Å². The summed E-state index contributed by atoms with van der Waals surface area (Å²) in [7, 11) is -0.252. The van der Waals surface area contributed by atoms with Crippen molar-refractivity contribution < 1.29 is 9.94 Å². The van der Waals surface area contributed by atoms with E-state index in [2.05, 4.69) is 47.9 Å². The average molecular weight is 396 g/mol. The molecule has 7 heteroatoms. The molecule has 0 saturated carbocycles. The van der Waals surface area contributed by atoms with E-state index < -0.39 is 0 Å². The highest BCUT2D eigenvalue weighted by molar-refractivity contribution is 6.55. The Balaban J connectivity index is 1.65. The van der Waals surface area contributed by atoms with Gasteiger partial charge in [0, 0.05) is 21.6 Å². The molecular weight excluding hydrogens is 368 g/mol. The number of rotatable bonds is 9. The number of aromatic nitrogens is 2. The second kappa shape index (κ2) is 9.54. The third-order valence-corrected chi connectivity index (χ3v) is 5.78. The van der Waals surface area contributed by atoms with E-state index in [1.807, 2.05) is 22.9 Å². The first kappa shape index (κ1) is 20.1. The van der Waals surface area contributed by atoms with E-state index in [1.165, 1.54) is 5.56 Å². The molecule has 1 radical (unpaired) electrons. The van der Waals surface area contributed by atoms with Crippen molar-refractivity contribution in [3.63, 3.8) is 0 Å². The maximum Gasteiger partial charge on any atom is 0.139 e. The Morgan fingerprint density at radius 3 is 2.54 bits per heavy atom. The van der Waals surface area contributed by atoms with Gasteiger partial charge in [0.15, 0.2) is 0 Å². The summed E-state index contributed by atoms with van der Waals surface area (Å²) in [6.45, 7) is 5.85. The van der Waals surface area contributed by atoms with Gasteiger partial charge in [0.05, 0.1) is 17.1 Å². The molecule has 6 nitrogen and oxygen atoms in total. The Kier molecular flexibility index (Phi) is 6.86. The lowest BCUT2D eigenvalue weighted by Gasteiger charge is -2.10. The molecule has 0 atom stereocenters. The van der Waals surface area contributed by atoms with Gasteiger partial charge >= 0.3 is 0 Å². The molecule has 0 saturated heterocycles. The maximum atomic E-state index is 8.99. The van der Waals surface area contributed by atoms with E-state index in [4.69, 9.17) is 15.7 Å². The summed E-state index contributed by atoms with van der Waals surface area (Å²) in [6, 6.07) is 17.2. The first-order valence-corrected chi connectivity index (χ1v) is 12.0. The third kappa shape index (κ3) is 5.22. The number of hydrogen-bond acceptors (Lipinski definition) is 5. The van der Waals surface area contributed by atoms with Crippen molar-refractivity contribution in [1.29, 1.82) is 0 Å². The predicted octanol–water partition coefficient (Wildman–Crippen LogP) is 4.25. The van der Waals surface area contributed by atoms with Gasteiger partial charge in [-0.25, -0.2) is 4.68 Å². The lowest BCUT2D eigenvalue weighted by molar-refractivity contribution is 0.0801. The standard InChI is InChI=1S/C21H27N4O2Si/c1-28(2)12-11-27-15-25-21(9-10-23-25)18-6-3-16(4-7-18)13-17-5-8-20(24-26)19(22)14-17/h3-10,14,24,26H,11-13,15,22H2,1-2H3. The van der Waals surface area contributed by atoms with E-state index in [9.17, 15) is 0 Å². The molecule has 0 unspecified atom stereocenters. The molecule has 0 bridgehead atoms. The number of ether oxygens (including phenoxy) is 1. The van der Waals surface area contributed by atoms with Crippen molar-refractivity contribution in [3.05, 3.63) is 65.9 Å². The molecule has 0 spiro atoms. The summed E-state index contributed by atoms with van der Waals surface area (Å²) in [5.74, 6) is 0. The lowest BCUT2D eigenvalue weighted by Crippen LogP contribution is -2.10. The van der Waals surface area contributed by atoms with Crippen LogP contribution in [-0.4, -0.2) is 30.4 Å². The van der Waals surface area contributed by atoms with E-state index in [1.54, 1.807) is 12.3 Å². The number of benzene rings is 2.